The molecule has 0 unspecified atom stereocenters. The first-order chi connectivity index (χ1) is 14.1. The van der Waals surface area contributed by atoms with E-state index in [2.05, 4.69) is 0 Å². The second-order valence-corrected chi connectivity index (χ2v) is 6.78. The molecule has 1 heterocycles. The second kappa shape index (κ2) is 7.73. The molecule has 3 aromatic carbocycles. The molecule has 142 valence electrons. The van der Waals surface area contributed by atoms with Gasteiger partial charge in [-0.1, -0.05) is 60.1 Å². The summed E-state index contributed by atoms with van der Waals surface area (Å²) in [5.74, 6) is -1.35. The number of hydrogen-bond acceptors (Lipinski definition) is 3. The molecule has 3 aromatic rings. The Labute approximate surface area is 172 Å². The SMILES string of the molecule is O=C1C(=Cc2ccc(Cl)cc2)C(=O)N(c2ccccc2)C(=O)N1c1ccccc1. The summed E-state index contributed by atoms with van der Waals surface area (Å²) in [6, 6.07) is 23.1. The topological polar surface area (TPSA) is 57.7 Å². The normalized spacial score (nSPS) is 14.4. The lowest BCUT2D eigenvalue weighted by atomic mass is 10.0. The van der Waals surface area contributed by atoms with Crippen LogP contribution < -0.4 is 9.80 Å². The van der Waals surface area contributed by atoms with E-state index in [1.807, 2.05) is 0 Å². The van der Waals surface area contributed by atoms with Crippen LogP contribution in [0.2, 0.25) is 5.02 Å². The van der Waals surface area contributed by atoms with Gasteiger partial charge in [0.15, 0.2) is 0 Å². The van der Waals surface area contributed by atoms with Gasteiger partial charge in [0.2, 0.25) is 0 Å². The maximum absolute atomic E-state index is 13.2. The second-order valence-electron chi connectivity index (χ2n) is 6.34. The number of hydrogen-bond donors (Lipinski definition) is 0. The standard InChI is InChI=1S/C23H15ClN2O3/c24-17-13-11-16(12-14-17)15-20-21(27)25(18-7-3-1-4-8-18)23(29)26(22(20)28)19-9-5-2-6-10-19/h1-15H. The molecule has 5 nitrogen and oxygen atoms in total. The molecule has 0 N–H and O–H groups in total. The van der Waals surface area contributed by atoms with Gasteiger partial charge in [0.1, 0.15) is 5.57 Å². The van der Waals surface area contributed by atoms with Crippen molar-refractivity contribution in [3.8, 4) is 0 Å². The van der Waals surface area contributed by atoms with E-state index in [-0.39, 0.29) is 5.57 Å². The van der Waals surface area contributed by atoms with Gasteiger partial charge >= 0.3 is 6.03 Å². The number of imide groups is 2. The molecular formula is C23H15ClN2O3. The maximum atomic E-state index is 13.2. The van der Waals surface area contributed by atoms with Crippen molar-refractivity contribution < 1.29 is 14.4 Å². The van der Waals surface area contributed by atoms with Crippen molar-refractivity contribution in [1.82, 2.24) is 0 Å². The van der Waals surface area contributed by atoms with Crippen molar-refractivity contribution in [2.24, 2.45) is 0 Å². The lowest BCUT2D eigenvalue weighted by Crippen LogP contribution is -2.57. The zero-order valence-electron chi connectivity index (χ0n) is 15.2. The van der Waals surface area contributed by atoms with Crippen LogP contribution in [0.5, 0.6) is 0 Å². The number of benzene rings is 3. The Morgan fingerprint density at radius 1 is 0.621 bits per heavy atom. The summed E-state index contributed by atoms with van der Waals surface area (Å²) in [6.07, 6.45) is 1.47. The lowest BCUT2D eigenvalue weighted by molar-refractivity contribution is -0.121. The number of carbonyl (C=O) groups excluding carboxylic acids is 3. The summed E-state index contributed by atoms with van der Waals surface area (Å²) < 4.78 is 0. The van der Waals surface area contributed by atoms with Crippen molar-refractivity contribution in [2.45, 2.75) is 0 Å². The van der Waals surface area contributed by atoms with Crippen molar-refractivity contribution >= 4 is 46.9 Å². The third-order valence-electron chi connectivity index (χ3n) is 4.46. The highest BCUT2D eigenvalue weighted by atomic mass is 35.5. The fourth-order valence-electron chi connectivity index (χ4n) is 3.06. The minimum Gasteiger partial charge on any atom is -0.268 e. The van der Waals surface area contributed by atoms with E-state index >= 15 is 0 Å². The number of halogens is 1. The zero-order valence-corrected chi connectivity index (χ0v) is 15.9. The summed E-state index contributed by atoms with van der Waals surface area (Å²) in [6.45, 7) is 0. The number of barbiturate groups is 1. The largest absolute Gasteiger partial charge is 0.343 e. The van der Waals surface area contributed by atoms with Crippen LogP contribution >= 0.6 is 11.6 Å². The molecule has 0 atom stereocenters. The van der Waals surface area contributed by atoms with Crippen molar-refractivity contribution in [3.05, 3.63) is 101 Å². The van der Waals surface area contributed by atoms with Gasteiger partial charge in [-0.2, -0.15) is 0 Å². The Kier molecular flexibility index (Phi) is 4.97. The van der Waals surface area contributed by atoms with Crippen LogP contribution in [0.3, 0.4) is 0 Å². The Bertz CT molecular complexity index is 1050. The smallest absolute Gasteiger partial charge is 0.268 e. The summed E-state index contributed by atoms with van der Waals surface area (Å²) in [4.78, 5) is 41.5. The third-order valence-corrected chi connectivity index (χ3v) is 4.71. The number of nitrogens with zero attached hydrogens (tertiary/aromatic N) is 2. The third kappa shape index (κ3) is 3.56. The summed E-state index contributed by atoms with van der Waals surface area (Å²) >= 11 is 5.92. The number of rotatable bonds is 3. The van der Waals surface area contributed by atoms with Crippen molar-refractivity contribution in [2.75, 3.05) is 9.80 Å². The quantitative estimate of drug-likeness (QED) is 0.461. The van der Waals surface area contributed by atoms with Gasteiger partial charge in [-0.3, -0.25) is 9.59 Å². The number of carbonyl (C=O) groups is 3. The molecule has 0 bridgehead atoms. The molecule has 29 heavy (non-hydrogen) atoms. The van der Waals surface area contributed by atoms with Crippen LogP contribution in [-0.2, 0) is 9.59 Å². The minimum atomic E-state index is -0.717. The molecule has 4 amide bonds. The molecule has 0 radical (unpaired) electrons. The van der Waals surface area contributed by atoms with E-state index in [9.17, 15) is 14.4 Å². The highest BCUT2D eigenvalue weighted by molar-refractivity contribution is 6.46. The maximum Gasteiger partial charge on any atom is 0.343 e. The average molecular weight is 403 g/mol. The Morgan fingerprint density at radius 3 is 1.52 bits per heavy atom. The molecule has 6 heteroatoms. The molecular weight excluding hydrogens is 388 g/mol. The first kappa shape index (κ1) is 18.7. The summed E-state index contributed by atoms with van der Waals surface area (Å²) in [5.41, 5.74) is 1.29. The molecule has 0 saturated carbocycles. The van der Waals surface area contributed by atoms with E-state index in [0.29, 0.717) is 22.0 Å². The van der Waals surface area contributed by atoms with Crippen molar-refractivity contribution in [3.63, 3.8) is 0 Å². The molecule has 1 saturated heterocycles. The number of anilines is 2. The Morgan fingerprint density at radius 2 is 1.07 bits per heavy atom. The zero-order chi connectivity index (χ0) is 20.4. The summed E-state index contributed by atoms with van der Waals surface area (Å²) in [7, 11) is 0. The van der Waals surface area contributed by atoms with E-state index in [4.69, 9.17) is 11.6 Å². The summed E-state index contributed by atoms with van der Waals surface area (Å²) in [5, 5.41) is 0.542. The highest BCUT2D eigenvalue weighted by Crippen LogP contribution is 2.29. The van der Waals surface area contributed by atoms with Gasteiger partial charge in [0.05, 0.1) is 11.4 Å². The first-order valence-corrected chi connectivity index (χ1v) is 9.24. The van der Waals surface area contributed by atoms with Crippen LogP contribution in [0, 0.1) is 0 Å². The van der Waals surface area contributed by atoms with Crippen LogP contribution in [0.25, 0.3) is 6.08 Å². The van der Waals surface area contributed by atoms with Gasteiger partial charge in [-0.25, -0.2) is 14.6 Å². The fourth-order valence-corrected chi connectivity index (χ4v) is 3.19. The molecule has 0 spiro atoms. The number of amides is 4. The van der Waals surface area contributed by atoms with Crippen LogP contribution in [0.4, 0.5) is 16.2 Å². The average Bonchev–Trinajstić information content (AvgIpc) is 2.74. The van der Waals surface area contributed by atoms with E-state index in [1.54, 1.807) is 84.9 Å². The number of para-hydroxylation sites is 2. The molecule has 1 fully saturated rings. The Balaban J connectivity index is 1.86. The van der Waals surface area contributed by atoms with Gasteiger partial charge in [0, 0.05) is 5.02 Å². The van der Waals surface area contributed by atoms with E-state index < -0.39 is 17.8 Å². The Hall–Kier alpha value is -3.70. The van der Waals surface area contributed by atoms with Gasteiger partial charge in [-0.05, 0) is 48.0 Å². The van der Waals surface area contributed by atoms with E-state index in [1.165, 1.54) is 6.08 Å². The van der Waals surface area contributed by atoms with Crippen LogP contribution in [0.15, 0.2) is 90.5 Å². The predicted octanol–water partition coefficient (Wildman–Crippen LogP) is 4.92. The molecule has 0 aromatic heterocycles. The lowest BCUT2D eigenvalue weighted by Gasteiger charge is -2.33. The monoisotopic (exact) mass is 402 g/mol. The first-order valence-electron chi connectivity index (χ1n) is 8.86. The van der Waals surface area contributed by atoms with Gasteiger partial charge in [0.25, 0.3) is 11.8 Å². The predicted molar refractivity (Wildman–Crippen MR) is 113 cm³/mol. The van der Waals surface area contributed by atoms with Gasteiger partial charge in [-0.15, -0.1) is 0 Å². The minimum absolute atomic E-state index is 0.111. The fraction of sp³-hybridized carbons (Fsp3) is 0. The molecule has 0 aliphatic carbocycles. The van der Waals surface area contributed by atoms with Crippen molar-refractivity contribution in [1.29, 1.82) is 0 Å². The highest BCUT2D eigenvalue weighted by Gasteiger charge is 2.43. The van der Waals surface area contributed by atoms with Gasteiger partial charge < -0.3 is 0 Å². The molecule has 1 aliphatic heterocycles. The molecule has 1 aliphatic rings. The number of urea groups is 1. The molecule has 4 rings (SSSR count). The van der Waals surface area contributed by atoms with Crippen LogP contribution in [-0.4, -0.2) is 17.8 Å². The van der Waals surface area contributed by atoms with E-state index in [0.717, 1.165) is 9.80 Å². The van der Waals surface area contributed by atoms with Crippen LogP contribution in [0.1, 0.15) is 5.56 Å².